The van der Waals surface area contributed by atoms with Crippen LogP contribution in [0.15, 0.2) is 23.0 Å². The van der Waals surface area contributed by atoms with Gasteiger partial charge in [0.1, 0.15) is 18.8 Å². The molecule has 0 aromatic carbocycles. The molecular weight excluding hydrogens is 368 g/mol. The van der Waals surface area contributed by atoms with Crippen molar-refractivity contribution in [1.82, 2.24) is 0 Å². The maximum absolute atomic E-state index is 13.0. The Labute approximate surface area is 160 Å². The molecule has 8 nitrogen and oxygen atoms in total. The van der Waals surface area contributed by atoms with Crippen molar-refractivity contribution < 1.29 is 38.1 Å². The van der Waals surface area contributed by atoms with Crippen molar-refractivity contribution >= 4 is 17.9 Å². The number of ether oxygens (including phenoxy) is 3. The van der Waals surface area contributed by atoms with Gasteiger partial charge in [-0.25, -0.2) is 4.79 Å². The molecule has 3 aliphatic heterocycles. The van der Waals surface area contributed by atoms with Crippen LogP contribution in [0.5, 0.6) is 0 Å². The van der Waals surface area contributed by atoms with Crippen molar-refractivity contribution in [1.29, 1.82) is 0 Å². The highest BCUT2D eigenvalue weighted by atomic mass is 16.6. The Morgan fingerprint density at radius 1 is 1.07 bits per heavy atom. The summed E-state index contributed by atoms with van der Waals surface area (Å²) >= 11 is 0. The van der Waals surface area contributed by atoms with Crippen molar-refractivity contribution in [2.75, 3.05) is 6.61 Å². The van der Waals surface area contributed by atoms with Gasteiger partial charge in [-0.2, -0.15) is 0 Å². The Bertz CT molecular complexity index is 892. The normalized spacial score (nSPS) is 48.8. The molecule has 1 spiro atoms. The molecule has 0 radical (unpaired) electrons. The summed E-state index contributed by atoms with van der Waals surface area (Å²) in [5.74, 6) is -2.40. The highest BCUT2D eigenvalue weighted by molar-refractivity contribution is 5.90. The standard InChI is InChI=1S/C20H20O8/c21-15-12-5-11(27-15)6-14-18-7-13(10-1-4-25-8-10)28-17(23)20(18,24)3-2-19(12,14)16(22)26-9-18/h1,4,8,11-14,24H,2-3,5-7,9H2/t11-,12-,13+,14+,18-,19+,20-/m1/s1. The number of rotatable bonds is 1. The van der Waals surface area contributed by atoms with E-state index in [0.717, 1.165) is 0 Å². The van der Waals surface area contributed by atoms with E-state index in [1.54, 1.807) is 6.07 Å². The van der Waals surface area contributed by atoms with Gasteiger partial charge in [0, 0.05) is 12.0 Å². The van der Waals surface area contributed by atoms with Gasteiger partial charge in [-0.1, -0.05) is 0 Å². The fraction of sp³-hybridized carbons (Fsp3) is 0.650. The number of aliphatic hydroxyl groups is 1. The van der Waals surface area contributed by atoms with Gasteiger partial charge in [0.15, 0.2) is 5.60 Å². The summed E-state index contributed by atoms with van der Waals surface area (Å²) < 4.78 is 21.8. The fourth-order valence-electron chi connectivity index (χ4n) is 6.78. The first kappa shape index (κ1) is 16.6. The van der Waals surface area contributed by atoms with Crippen LogP contribution >= 0.6 is 0 Å². The van der Waals surface area contributed by atoms with Gasteiger partial charge in [-0.3, -0.25) is 9.59 Å². The Hall–Kier alpha value is -2.35. The lowest BCUT2D eigenvalue weighted by molar-refractivity contribution is -0.289. The molecule has 8 heteroatoms. The molecule has 1 N–H and O–H groups in total. The second-order valence-corrected chi connectivity index (χ2v) is 8.92. The first-order valence-corrected chi connectivity index (χ1v) is 9.74. The average Bonchev–Trinajstić information content (AvgIpc) is 3.30. The maximum Gasteiger partial charge on any atom is 0.339 e. The quantitative estimate of drug-likeness (QED) is 0.565. The topological polar surface area (TPSA) is 112 Å². The second-order valence-electron chi connectivity index (χ2n) is 8.92. The fourth-order valence-corrected chi connectivity index (χ4v) is 6.78. The van der Waals surface area contributed by atoms with Crippen LogP contribution in [-0.2, 0) is 28.6 Å². The van der Waals surface area contributed by atoms with Gasteiger partial charge < -0.3 is 23.7 Å². The van der Waals surface area contributed by atoms with Gasteiger partial charge in [0.05, 0.1) is 29.3 Å². The molecule has 1 aromatic heterocycles. The lowest BCUT2D eigenvalue weighted by atomic mass is 9.40. The number of hydrogen-bond acceptors (Lipinski definition) is 8. The van der Waals surface area contributed by atoms with Crippen molar-refractivity contribution in [3.05, 3.63) is 24.2 Å². The number of hydrogen-bond donors (Lipinski definition) is 1. The molecule has 2 saturated carbocycles. The van der Waals surface area contributed by atoms with E-state index < -0.39 is 40.4 Å². The van der Waals surface area contributed by atoms with E-state index >= 15 is 0 Å². The Morgan fingerprint density at radius 2 is 1.93 bits per heavy atom. The van der Waals surface area contributed by atoms with E-state index in [-0.39, 0.29) is 37.4 Å². The number of fused-ring (bicyclic) bond motifs is 2. The summed E-state index contributed by atoms with van der Waals surface area (Å²) in [4.78, 5) is 38.5. The van der Waals surface area contributed by atoms with Crippen LogP contribution < -0.4 is 0 Å². The van der Waals surface area contributed by atoms with Crippen molar-refractivity contribution in [2.24, 2.45) is 22.7 Å². The molecule has 4 bridgehead atoms. The van der Waals surface area contributed by atoms with Crippen molar-refractivity contribution in [2.45, 2.75) is 49.9 Å². The minimum atomic E-state index is -1.75. The van der Waals surface area contributed by atoms with Gasteiger partial charge in [0.2, 0.25) is 0 Å². The molecule has 6 rings (SSSR count). The molecule has 28 heavy (non-hydrogen) atoms. The molecule has 1 aromatic rings. The highest BCUT2D eigenvalue weighted by Crippen LogP contribution is 2.70. The molecule has 5 aliphatic rings. The minimum Gasteiger partial charge on any atom is -0.472 e. The molecule has 3 saturated heterocycles. The largest absolute Gasteiger partial charge is 0.472 e. The van der Waals surface area contributed by atoms with Crippen LogP contribution in [0.2, 0.25) is 0 Å². The third-order valence-electron chi connectivity index (χ3n) is 8.09. The Balaban J connectivity index is 1.52. The van der Waals surface area contributed by atoms with E-state index in [9.17, 15) is 19.5 Å². The smallest absolute Gasteiger partial charge is 0.339 e. The predicted molar refractivity (Wildman–Crippen MR) is 88.3 cm³/mol. The highest BCUT2D eigenvalue weighted by Gasteiger charge is 2.79. The van der Waals surface area contributed by atoms with Crippen LogP contribution in [0.25, 0.3) is 0 Å². The minimum absolute atomic E-state index is 0.0637. The summed E-state index contributed by atoms with van der Waals surface area (Å²) in [6, 6.07) is 1.72. The monoisotopic (exact) mass is 388 g/mol. The van der Waals surface area contributed by atoms with E-state index in [1.165, 1.54) is 12.5 Å². The van der Waals surface area contributed by atoms with Gasteiger partial charge in [-0.05, 0) is 37.7 Å². The zero-order valence-electron chi connectivity index (χ0n) is 15.1. The second kappa shape index (κ2) is 4.97. The SMILES string of the molecule is O=C1O[C@@H]2C[C@H]1[C@]13CC[C@@]4(O)C(=O)O[C@H](c5ccoc5)C[C@@]4(COC1=O)[C@@H]3C2. The molecule has 4 heterocycles. The van der Waals surface area contributed by atoms with Crippen LogP contribution in [0, 0.1) is 22.7 Å². The summed E-state index contributed by atoms with van der Waals surface area (Å²) in [5, 5.41) is 11.5. The van der Waals surface area contributed by atoms with Crippen molar-refractivity contribution in [3.63, 3.8) is 0 Å². The van der Waals surface area contributed by atoms with Crippen LogP contribution in [0.4, 0.5) is 0 Å². The van der Waals surface area contributed by atoms with Crippen LogP contribution in [0.1, 0.15) is 43.8 Å². The summed E-state index contributed by atoms with van der Waals surface area (Å²) in [7, 11) is 0. The molecule has 0 unspecified atom stereocenters. The van der Waals surface area contributed by atoms with E-state index in [4.69, 9.17) is 18.6 Å². The number of furan rings is 1. The summed E-state index contributed by atoms with van der Waals surface area (Å²) in [5.41, 5.74) is -3.10. The molecule has 148 valence electrons. The van der Waals surface area contributed by atoms with Crippen LogP contribution in [-0.4, -0.2) is 41.3 Å². The van der Waals surface area contributed by atoms with E-state index in [2.05, 4.69) is 0 Å². The Kier molecular flexibility index (Phi) is 2.95. The van der Waals surface area contributed by atoms with E-state index in [1.807, 2.05) is 0 Å². The third-order valence-corrected chi connectivity index (χ3v) is 8.09. The average molecular weight is 388 g/mol. The first-order valence-electron chi connectivity index (χ1n) is 9.74. The summed E-state index contributed by atoms with van der Waals surface area (Å²) in [6.07, 6.45) is 3.67. The lowest BCUT2D eigenvalue weighted by Crippen LogP contribution is -2.75. The number of esters is 3. The zero-order chi connectivity index (χ0) is 19.3. The number of cyclic esters (lactones) is 2. The zero-order valence-corrected chi connectivity index (χ0v) is 15.1. The number of carbonyl (C=O) groups is 3. The molecular formula is C20H20O8. The molecule has 0 amide bonds. The third kappa shape index (κ3) is 1.65. The first-order chi connectivity index (χ1) is 13.4. The maximum atomic E-state index is 13.0. The van der Waals surface area contributed by atoms with Gasteiger partial charge >= 0.3 is 17.9 Å². The molecule has 5 fully saturated rings. The van der Waals surface area contributed by atoms with Gasteiger partial charge in [-0.15, -0.1) is 0 Å². The molecule has 2 aliphatic carbocycles. The number of carbonyl (C=O) groups excluding carboxylic acids is 3. The Morgan fingerprint density at radius 3 is 2.71 bits per heavy atom. The van der Waals surface area contributed by atoms with E-state index in [0.29, 0.717) is 24.8 Å². The lowest BCUT2D eigenvalue weighted by Gasteiger charge is -2.65. The summed E-state index contributed by atoms with van der Waals surface area (Å²) in [6.45, 7) is -0.0637. The van der Waals surface area contributed by atoms with Crippen molar-refractivity contribution in [3.8, 4) is 0 Å². The predicted octanol–water partition coefficient (Wildman–Crippen LogP) is 1.27. The van der Waals surface area contributed by atoms with Crippen LogP contribution in [0.3, 0.4) is 0 Å². The molecule has 7 atom stereocenters. The van der Waals surface area contributed by atoms with Gasteiger partial charge in [0.25, 0.3) is 0 Å².